The molecule has 1 N–H and O–H groups in total. The summed E-state index contributed by atoms with van der Waals surface area (Å²) in [6.45, 7) is 0.637. The van der Waals surface area contributed by atoms with Gasteiger partial charge in [0.2, 0.25) is 0 Å². The van der Waals surface area contributed by atoms with E-state index in [-0.39, 0.29) is 18.6 Å². The summed E-state index contributed by atoms with van der Waals surface area (Å²) in [7, 11) is 1.70. The van der Waals surface area contributed by atoms with Crippen molar-refractivity contribution in [2.75, 3.05) is 20.3 Å². The molecule has 1 aliphatic rings. The van der Waals surface area contributed by atoms with Gasteiger partial charge in [0.1, 0.15) is 0 Å². The zero-order chi connectivity index (χ0) is 18.1. The molecule has 4 rings (SSSR count). The third kappa shape index (κ3) is 2.96. The van der Waals surface area contributed by atoms with E-state index in [4.69, 9.17) is 4.74 Å². The lowest BCUT2D eigenvalue weighted by molar-refractivity contribution is 0.0581. The van der Waals surface area contributed by atoms with Gasteiger partial charge in [0, 0.05) is 29.8 Å². The molecule has 0 bridgehead atoms. The zero-order valence-electron chi connectivity index (χ0n) is 14.5. The molecule has 2 atom stereocenters. The van der Waals surface area contributed by atoms with E-state index in [1.165, 1.54) is 0 Å². The van der Waals surface area contributed by atoms with E-state index in [2.05, 4.69) is 4.98 Å². The number of aliphatic hydroxyl groups is 1. The van der Waals surface area contributed by atoms with Gasteiger partial charge in [-0.25, -0.2) is 0 Å². The Hall–Kier alpha value is -2.76. The van der Waals surface area contributed by atoms with Crippen LogP contribution in [0.5, 0.6) is 0 Å². The predicted octanol–water partition coefficient (Wildman–Crippen LogP) is 2.73. The summed E-state index contributed by atoms with van der Waals surface area (Å²) in [6, 6.07) is 17.2. The maximum Gasteiger partial charge on any atom is 0.254 e. The summed E-state index contributed by atoms with van der Waals surface area (Å²) in [5.41, 5.74) is 3.58. The molecule has 0 spiro atoms. The second-order valence-electron chi connectivity index (χ2n) is 6.55. The SMILES string of the molecule is CN(C(=O)c1ccc(-c2cccc3cccnc23)cc1)[C@@H]1COC[C@H]1O. The van der Waals surface area contributed by atoms with E-state index in [1.807, 2.05) is 54.6 Å². The second kappa shape index (κ2) is 6.86. The van der Waals surface area contributed by atoms with Crippen molar-refractivity contribution in [2.24, 2.45) is 0 Å². The first kappa shape index (κ1) is 16.7. The number of benzene rings is 2. The molecule has 3 aromatic rings. The number of fused-ring (bicyclic) bond motifs is 1. The quantitative estimate of drug-likeness (QED) is 0.791. The number of nitrogens with zero attached hydrogens (tertiary/aromatic N) is 2. The number of ether oxygens (including phenoxy) is 1. The minimum absolute atomic E-state index is 0.123. The molecule has 1 aliphatic heterocycles. The summed E-state index contributed by atoms with van der Waals surface area (Å²) in [6.07, 6.45) is 1.15. The number of pyridine rings is 1. The molecular weight excluding hydrogens is 328 g/mol. The Morgan fingerprint density at radius 1 is 1.12 bits per heavy atom. The summed E-state index contributed by atoms with van der Waals surface area (Å²) in [5.74, 6) is -0.123. The van der Waals surface area contributed by atoms with Crippen LogP contribution in [0.2, 0.25) is 0 Å². The molecule has 0 radical (unpaired) electrons. The van der Waals surface area contributed by atoms with Crippen molar-refractivity contribution in [3.63, 3.8) is 0 Å². The number of hydrogen-bond donors (Lipinski definition) is 1. The normalized spacial score (nSPS) is 19.6. The molecule has 1 amide bonds. The lowest BCUT2D eigenvalue weighted by Crippen LogP contribution is -2.44. The molecular formula is C21H20N2O3. The van der Waals surface area contributed by atoms with Crippen molar-refractivity contribution in [2.45, 2.75) is 12.1 Å². The van der Waals surface area contributed by atoms with E-state index in [1.54, 1.807) is 18.1 Å². The summed E-state index contributed by atoms with van der Waals surface area (Å²) in [5, 5.41) is 11.0. The Morgan fingerprint density at radius 2 is 1.88 bits per heavy atom. The number of likely N-dealkylation sites (N-methyl/N-ethyl adjacent to an activating group) is 1. The van der Waals surface area contributed by atoms with E-state index in [9.17, 15) is 9.90 Å². The highest BCUT2D eigenvalue weighted by molar-refractivity contribution is 5.97. The molecule has 2 aromatic carbocycles. The fourth-order valence-electron chi connectivity index (χ4n) is 3.39. The van der Waals surface area contributed by atoms with Crippen LogP contribution in [-0.2, 0) is 4.74 Å². The molecule has 0 aliphatic carbocycles. The standard InChI is InChI=1S/C21H20N2O3/c1-23(18-12-26-13-19(18)24)21(25)16-9-7-14(8-10-16)17-6-2-4-15-5-3-11-22-20(15)17/h2-11,18-19,24H,12-13H2,1H3/t18-,19-/m1/s1. The van der Waals surface area contributed by atoms with Gasteiger partial charge in [0.15, 0.2) is 0 Å². The van der Waals surface area contributed by atoms with Gasteiger partial charge in [0.05, 0.1) is 30.9 Å². The van der Waals surface area contributed by atoms with E-state index in [0.717, 1.165) is 22.0 Å². The number of aliphatic hydroxyl groups excluding tert-OH is 1. The van der Waals surface area contributed by atoms with E-state index < -0.39 is 6.10 Å². The fraction of sp³-hybridized carbons (Fsp3) is 0.238. The number of hydrogen-bond acceptors (Lipinski definition) is 4. The maximum absolute atomic E-state index is 12.7. The lowest BCUT2D eigenvalue weighted by Gasteiger charge is -2.25. The van der Waals surface area contributed by atoms with Crippen LogP contribution in [0.1, 0.15) is 10.4 Å². The van der Waals surface area contributed by atoms with Crippen LogP contribution < -0.4 is 0 Å². The van der Waals surface area contributed by atoms with Gasteiger partial charge in [-0.05, 0) is 23.8 Å². The third-order valence-electron chi connectivity index (χ3n) is 4.91. The van der Waals surface area contributed by atoms with Crippen LogP contribution in [-0.4, -0.2) is 53.3 Å². The van der Waals surface area contributed by atoms with Gasteiger partial charge in [-0.3, -0.25) is 9.78 Å². The molecule has 0 unspecified atom stereocenters. The van der Waals surface area contributed by atoms with Crippen molar-refractivity contribution >= 4 is 16.8 Å². The van der Waals surface area contributed by atoms with Crippen LogP contribution in [0.25, 0.3) is 22.0 Å². The van der Waals surface area contributed by atoms with Crippen LogP contribution in [0.4, 0.5) is 0 Å². The molecule has 132 valence electrons. The summed E-state index contributed by atoms with van der Waals surface area (Å²) < 4.78 is 5.24. The number of amides is 1. The number of rotatable bonds is 3. The number of carbonyl (C=O) groups is 1. The molecule has 0 saturated carbocycles. The molecule has 5 heteroatoms. The monoisotopic (exact) mass is 348 g/mol. The average Bonchev–Trinajstić information content (AvgIpc) is 3.12. The van der Waals surface area contributed by atoms with Crippen LogP contribution in [0.3, 0.4) is 0 Å². The summed E-state index contributed by atoms with van der Waals surface area (Å²) in [4.78, 5) is 18.7. The first-order valence-corrected chi connectivity index (χ1v) is 8.62. The minimum Gasteiger partial charge on any atom is -0.388 e. The van der Waals surface area contributed by atoms with Gasteiger partial charge in [-0.1, -0.05) is 36.4 Å². The molecule has 5 nitrogen and oxygen atoms in total. The van der Waals surface area contributed by atoms with Gasteiger partial charge in [0.25, 0.3) is 5.91 Å². The van der Waals surface area contributed by atoms with Gasteiger partial charge >= 0.3 is 0 Å². The first-order chi connectivity index (χ1) is 12.6. The van der Waals surface area contributed by atoms with Crippen molar-refractivity contribution < 1.29 is 14.6 Å². The maximum atomic E-state index is 12.7. The Balaban J connectivity index is 1.61. The highest BCUT2D eigenvalue weighted by Crippen LogP contribution is 2.27. The highest BCUT2D eigenvalue weighted by Gasteiger charge is 2.32. The predicted molar refractivity (Wildman–Crippen MR) is 99.9 cm³/mol. The van der Waals surface area contributed by atoms with Gasteiger partial charge in [-0.2, -0.15) is 0 Å². The van der Waals surface area contributed by atoms with Crippen molar-refractivity contribution in [1.29, 1.82) is 0 Å². The van der Waals surface area contributed by atoms with Gasteiger partial charge < -0.3 is 14.7 Å². The van der Waals surface area contributed by atoms with Crippen LogP contribution in [0, 0.1) is 0 Å². The Labute approximate surface area is 151 Å². The van der Waals surface area contributed by atoms with E-state index in [0.29, 0.717) is 12.2 Å². The Morgan fingerprint density at radius 3 is 2.62 bits per heavy atom. The number of para-hydroxylation sites is 1. The number of carbonyl (C=O) groups excluding carboxylic acids is 1. The molecule has 1 fully saturated rings. The van der Waals surface area contributed by atoms with Crippen molar-refractivity contribution in [3.05, 3.63) is 66.4 Å². The zero-order valence-corrected chi connectivity index (χ0v) is 14.5. The van der Waals surface area contributed by atoms with Crippen molar-refractivity contribution in [1.82, 2.24) is 9.88 Å². The third-order valence-corrected chi connectivity index (χ3v) is 4.91. The summed E-state index contributed by atoms with van der Waals surface area (Å²) >= 11 is 0. The largest absolute Gasteiger partial charge is 0.388 e. The average molecular weight is 348 g/mol. The van der Waals surface area contributed by atoms with Crippen LogP contribution >= 0.6 is 0 Å². The molecule has 2 heterocycles. The topological polar surface area (TPSA) is 62.7 Å². The van der Waals surface area contributed by atoms with Gasteiger partial charge in [-0.15, -0.1) is 0 Å². The van der Waals surface area contributed by atoms with Crippen molar-refractivity contribution in [3.8, 4) is 11.1 Å². The Bertz CT molecular complexity index is 934. The molecule has 26 heavy (non-hydrogen) atoms. The smallest absolute Gasteiger partial charge is 0.254 e. The minimum atomic E-state index is -0.634. The van der Waals surface area contributed by atoms with E-state index >= 15 is 0 Å². The molecule has 1 saturated heterocycles. The molecule has 1 aromatic heterocycles. The Kier molecular flexibility index (Phi) is 4.41. The number of aromatic nitrogens is 1. The first-order valence-electron chi connectivity index (χ1n) is 8.62. The van der Waals surface area contributed by atoms with Crippen LogP contribution in [0.15, 0.2) is 60.8 Å². The highest BCUT2D eigenvalue weighted by atomic mass is 16.5. The lowest BCUT2D eigenvalue weighted by atomic mass is 10.0. The second-order valence-corrected chi connectivity index (χ2v) is 6.55. The fourth-order valence-corrected chi connectivity index (χ4v) is 3.39.